The van der Waals surface area contributed by atoms with Crippen LogP contribution in [0.25, 0.3) is 0 Å². The van der Waals surface area contributed by atoms with Crippen LogP contribution in [0.4, 0.5) is 11.4 Å². The average Bonchev–Trinajstić information content (AvgIpc) is 3.46. The molecule has 0 spiro atoms. The Kier molecular flexibility index (Phi) is 7.11. The highest BCUT2D eigenvalue weighted by molar-refractivity contribution is 5.93. The number of nitriles is 1. The summed E-state index contributed by atoms with van der Waals surface area (Å²) in [7, 11) is 0. The molecule has 1 atom stereocenters. The van der Waals surface area contributed by atoms with Crippen LogP contribution in [0.3, 0.4) is 0 Å². The summed E-state index contributed by atoms with van der Waals surface area (Å²) in [6, 6.07) is 29.6. The number of benzene rings is 3. The van der Waals surface area contributed by atoms with Gasteiger partial charge in [-0.15, -0.1) is 0 Å². The molecular formula is C30H31N3O2. The van der Waals surface area contributed by atoms with E-state index in [0.29, 0.717) is 36.3 Å². The van der Waals surface area contributed by atoms with Crippen LogP contribution in [0.2, 0.25) is 0 Å². The van der Waals surface area contributed by atoms with Gasteiger partial charge in [0.15, 0.2) is 0 Å². The van der Waals surface area contributed by atoms with Crippen LogP contribution < -0.4 is 10.2 Å². The molecule has 1 N–H and O–H groups in total. The van der Waals surface area contributed by atoms with Gasteiger partial charge in [0.05, 0.1) is 23.8 Å². The summed E-state index contributed by atoms with van der Waals surface area (Å²) in [4.78, 5) is 14.8. The molecule has 5 nitrogen and oxygen atoms in total. The quantitative estimate of drug-likeness (QED) is 0.516. The van der Waals surface area contributed by atoms with Gasteiger partial charge in [-0.05, 0) is 54.5 Å². The summed E-state index contributed by atoms with van der Waals surface area (Å²) in [6.45, 7) is 2.91. The van der Waals surface area contributed by atoms with Gasteiger partial charge in [0.25, 0.3) is 0 Å². The maximum absolute atomic E-state index is 12.5. The lowest BCUT2D eigenvalue weighted by Crippen LogP contribution is -2.36. The number of amides is 1. The van der Waals surface area contributed by atoms with Gasteiger partial charge in [-0.1, -0.05) is 60.7 Å². The number of carbonyl (C=O) groups excluding carboxylic acids is 1. The summed E-state index contributed by atoms with van der Waals surface area (Å²) in [6.07, 6.45) is 2.86. The molecule has 0 aromatic heterocycles. The van der Waals surface area contributed by atoms with E-state index >= 15 is 0 Å². The number of ether oxygens (including phenoxy) is 1. The van der Waals surface area contributed by atoms with E-state index in [4.69, 9.17) is 4.74 Å². The van der Waals surface area contributed by atoms with Crippen molar-refractivity contribution in [3.63, 3.8) is 0 Å². The van der Waals surface area contributed by atoms with Gasteiger partial charge in [-0.2, -0.15) is 5.26 Å². The molecule has 3 aromatic rings. The summed E-state index contributed by atoms with van der Waals surface area (Å²) in [5.74, 6) is 0.759. The van der Waals surface area contributed by atoms with Crippen molar-refractivity contribution in [2.24, 2.45) is 11.8 Å². The zero-order valence-corrected chi connectivity index (χ0v) is 19.9. The molecule has 2 saturated heterocycles. The topological polar surface area (TPSA) is 65.4 Å². The van der Waals surface area contributed by atoms with E-state index in [1.54, 1.807) is 6.07 Å². The fourth-order valence-corrected chi connectivity index (χ4v) is 5.50. The Balaban J connectivity index is 1.29. The first-order chi connectivity index (χ1) is 17.2. The Bertz CT molecular complexity index is 1140. The number of rotatable bonds is 6. The molecule has 2 aliphatic rings. The molecular weight excluding hydrogens is 434 g/mol. The first-order valence-corrected chi connectivity index (χ1v) is 12.5. The highest BCUT2D eigenvalue weighted by Gasteiger charge is 2.30. The number of nitrogens with one attached hydrogen (secondary N) is 1. The predicted molar refractivity (Wildman–Crippen MR) is 138 cm³/mol. The van der Waals surface area contributed by atoms with Gasteiger partial charge in [0, 0.05) is 31.3 Å². The second-order valence-electron chi connectivity index (χ2n) is 9.52. The van der Waals surface area contributed by atoms with E-state index in [-0.39, 0.29) is 11.8 Å². The molecule has 2 aliphatic heterocycles. The van der Waals surface area contributed by atoms with Crippen LogP contribution in [0, 0.1) is 23.2 Å². The first-order valence-electron chi connectivity index (χ1n) is 12.5. The summed E-state index contributed by atoms with van der Waals surface area (Å²) in [5, 5.41) is 12.8. The normalized spacial score (nSPS) is 18.4. The van der Waals surface area contributed by atoms with E-state index in [0.717, 1.165) is 38.0 Å². The zero-order chi connectivity index (χ0) is 24.0. The Morgan fingerprint density at radius 2 is 1.60 bits per heavy atom. The van der Waals surface area contributed by atoms with Crippen molar-refractivity contribution in [3.05, 3.63) is 95.6 Å². The minimum absolute atomic E-state index is 0.0344. The molecule has 2 heterocycles. The SMILES string of the molecule is N#Cc1cc(NC(=O)[C@H]2CCOC2)ccc1N1CCC(C(c2ccccc2)c2ccccc2)CC1. The molecule has 0 aliphatic carbocycles. The van der Waals surface area contributed by atoms with Crippen molar-refractivity contribution in [1.82, 2.24) is 0 Å². The molecule has 3 aromatic carbocycles. The van der Waals surface area contributed by atoms with E-state index in [1.165, 1.54) is 11.1 Å². The van der Waals surface area contributed by atoms with E-state index < -0.39 is 0 Å². The minimum Gasteiger partial charge on any atom is -0.381 e. The number of carbonyl (C=O) groups is 1. The fourth-order valence-electron chi connectivity index (χ4n) is 5.50. The van der Waals surface area contributed by atoms with Crippen LogP contribution >= 0.6 is 0 Å². The minimum atomic E-state index is -0.110. The number of piperidine rings is 1. The molecule has 35 heavy (non-hydrogen) atoms. The molecule has 0 unspecified atom stereocenters. The van der Waals surface area contributed by atoms with Gasteiger partial charge in [-0.3, -0.25) is 4.79 Å². The van der Waals surface area contributed by atoms with Gasteiger partial charge < -0.3 is 15.0 Å². The van der Waals surface area contributed by atoms with Crippen LogP contribution in [0.5, 0.6) is 0 Å². The number of hydrogen-bond donors (Lipinski definition) is 1. The van der Waals surface area contributed by atoms with Crippen molar-refractivity contribution in [1.29, 1.82) is 5.26 Å². The predicted octanol–water partition coefficient (Wildman–Crippen LogP) is 5.58. The highest BCUT2D eigenvalue weighted by atomic mass is 16.5. The van der Waals surface area contributed by atoms with Crippen molar-refractivity contribution < 1.29 is 9.53 Å². The third-order valence-electron chi connectivity index (χ3n) is 7.35. The van der Waals surface area contributed by atoms with Crippen LogP contribution in [-0.2, 0) is 9.53 Å². The van der Waals surface area contributed by atoms with E-state index in [9.17, 15) is 10.1 Å². The van der Waals surface area contributed by atoms with Gasteiger partial charge in [0.1, 0.15) is 6.07 Å². The molecule has 0 saturated carbocycles. The standard InChI is InChI=1S/C30H31N3O2/c31-20-26-19-27(32-30(34)25-15-18-35-21-25)11-12-28(26)33-16-13-24(14-17-33)29(22-7-3-1-4-8-22)23-9-5-2-6-10-23/h1-12,19,24-25,29H,13-18,21H2,(H,32,34)/t25-/m0/s1. The lowest BCUT2D eigenvalue weighted by molar-refractivity contribution is -0.119. The largest absolute Gasteiger partial charge is 0.381 e. The van der Waals surface area contributed by atoms with Crippen molar-refractivity contribution in [2.45, 2.75) is 25.2 Å². The molecule has 178 valence electrons. The van der Waals surface area contributed by atoms with Crippen LogP contribution in [0.15, 0.2) is 78.9 Å². The Morgan fingerprint density at radius 3 is 2.17 bits per heavy atom. The zero-order valence-electron chi connectivity index (χ0n) is 19.9. The second kappa shape index (κ2) is 10.8. The Hall–Kier alpha value is -3.62. The molecule has 2 fully saturated rings. The molecule has 0 bridgehead atoms. The van der Waals surface area contributed by atoms with Crippen LogP contribution in [0.1, 0.15) is 41.9 Å². The Labute approximate surface area is 207 Å². The highest BCUT2D eigenvalue weighted by Crippen LogP contribution is 2.39. The fraction of sp³-hybridized carbons (Fsp3) is 0.333. The van der Waals surface area contributed by atoms with Gasteiger partial charge in [0.2, 0.25) is 5.91 Å². The number of nitrogens with zero attached hydrogens (tertiary/aromatic N) is 2. The molecule has 0 radical (unpaired) electrons. The monoisotopic (exact) mass is 465 g/mol. The van der Waals surface area contributed by atoms with Crippen LogP contribution in [-0.4, -0.2) is 32.2 Å². The molecule has 5 heteroatoms. The van der Waals surface area contributed by atoms with Gasteiger partial charge in [-0.25, -0.2) is 0 Å². The lowest BCUT2D eigenvalue weighted by Gasteiger charge is -2.38. The van der Waals surface area contributed by atoms with Crippen molar-refractivity contribution in [2.75, 3.05) is 36.5 Å². The summed E-state index contributed by atoms with van der Waals surface area (Å²) >= 11 is 0. The van der Waals surface area contributed by atoms with Crippen molar-refractivity contribution >= 4 is 17.3 Å². The smallest absolute Gasteiger partial charge is 0.229 e. The number of hydrogen-bond acceptors (Lipinski definition) is 4. The summed E-state index contributed by atoms with van der Waals surface area (Å²) in [5.41, 5.74) is 4.95. The first kappa shape index (κ1) is 23.1. The second-order valence-corrected chi connectivity index (χ2v) is 9.52. The number of anilines is 2. The molecule has 1 amide bonds. The average molecular weight is 466 g/mol. The maximum Gasteiger partial charge on any atom is 0.229 e. The van der Waals surface area contributed by atoms with Gasteiger partial charge >= 0.3 is 0 Å². The summed E-state index contributed by atoms with van der Waals surface area (Å²) < 4.78 is 5.32. The molecule has 5 rings (SSSR count). The maximum atomic E-state index is 12.5. The Morgan fingerprint density at radius 1 is 0.943 bits per heavy atom. The van der Waals surface area contributed by atoms with E-state index in [2.05, 4.69) is 76.9 Å². The van der Waals surface area contributed by atoms with Crippen molar-refractivity contribution in [3.8, 4) is 6.07 Å². The third-order valence-corrected chi connectivity index (χ3v) is 7.35. The third kappa shape index (κ3) is 5.23. The van der Waals surface area contributed by atoms with E-state index in [1.807, 2.05) is 12.1 Å². The lowest BCUT2D eigenvalue weighted by atomic mass is 9.76.